The number of carboxylic acids is 1. The van der Waals surface area contributed by atoms with Crippen LogP contribution in [0.25, 0.3) is 0 Å². The zero-order valence-electron chi connectivity index (χ0n) is 21.6. The zero-order chi connectivity index (χ0) is 28.6. The molecule has 0 spiro atoms. The van der Waals surface area contributed by atoms with E-state index in [0.29, 0.717) is 11.4 Å². The number of carboxylic acid groups (broad SMARTS) is 1. The summed E-state index contributed by atoms with van der Waals surface area (Å²) in [5.41, 5.74) is 0.505. The largest absolute Gasteiger partial charge is 0.481 e. The van der Waals surface area contributed by atoms with Crippen molar-refractivity contribution in [3.63, 3.8) is 0 Å². The maximum Gasteiger partial charge on any atom is 0.338 e. The Morgan fingerprint density at radius 2 is 2.15 bits per heavy atom. The Bertz CT molecular complexity index is 1420. The molecule has 8 nitrogen and oxygen atoms in total. The van der Waals surface area contributed by atoms with Gasteiger partial charge in [-0.1, -0.05) is 18.1 Å². The predicted octanol–water partition coefficient (Wildman–Crippen LogP) is 4.13. The molecule has 40 heavy (non-hydrogen) atoms. The number of alkyl halides is 2. The van der Waals surface area contributed by atoms with E-state index in [0.717, 1.165) is 0 Å². The fourth-order valence-corrected chi connectivity index (χ4v) is 6.58. The normalized spacial score (nSPS) is 25.6. The number of nitrogens with zero attached hydrogens (tertiary/aromatic N) is 3. The molecular formula is C28H27F3N4O4S. The van der Waals surface area contributed by atoms with Crippen LogP contribution in [0.4, 0.5) is 13.2 Å². The van der Waals surface area contributed by atoms with Gasteiger partial charge in [-0.2, -0.15) is 0 Å². The Balaban J connectivity index is 1.61. The lowest BCUT2D eigenvalue weighted by Gasteiger charge is -2.40. The Labute approximate surface area is 233 Å². The molecule has 2 saturated heterocycles. The van der Waals surface area contributed by atoms with Crippen molar-refractivity contribution in [2.24, 2.45) is 10.9 Å². The molecule has 2 aromatic rings. The summed E-state index contributed by atoms with van der Waals surface area (Å²) < 4.78 is 50.4. The Kier molecular flexibility index (Phi) is 7.70. The third-order valence-corrected chi connectivity index (χ3v) is 8.35. The molecule has 210 valence electrons. The van der Waals surface area contributed by atoms with Crippen molar-refractivity contribution in [3.8, 4) is 12.3 Å². The second-order valence-electron chi connectivity index (χ2n) is 10.0. The molecule has 3 aliphatic heterocycles. The smallest absolute Gasteiger partial charge is 0.338 e. The lowest BCUT2D eigenvalue weighted by molar-refractivity contribution is -0.140. The topological polar surface area (TPSA) is 104 Å². The molecule has 2 fully saturated rings. The Morgan fingerprint density at radius 1 is 1.35 bits per heavy atom. The van der Waals surface area contributed by atoms with E-state index in [4.69, 9.17) is 16.2 Å². The van der Waals surface area contributed by atoms with Crippen molar-refractivity contribution < 1.29 is 32.6 Å². The number of benzene rings is 1. The summed E-state index contributed by atoms with van der Waals surface area (Å²) >= 11 is 1.28. The molecule has 5 rings (SSSR count). The molecule has 12 heteroatoms. The molecule has 0 unspecified atom stereocenters. The fourth-order valence-electron chi connectivity index (χ4n) is 5.99. The first-order valence-electron chi connectivity index (χ1n) is 12.9. The number of esters is 1. The van der Waals surface area contributed by atoms with Gasteiger partial charge in [-0.25, -0.2) is 22.9 Å². The van der Waals surface area contributed by atoms with Crippen LogP contribution >= 0.6 is 11.3 Å². The maximum atomic E-state index is 15.2. The number of piperidine rings is 1. The van der Waals surface area contributed by atoms with Gasteiger partial charge in [-0.15, -0.1) is 17.8 Å². The van der Waals surface area contributed by atoms with Crippen LogP contribution in [0.3, 0.4) is 0 Å². The number of aliphatic imine (C=N–C) groups is 1. The number of halogens is 3. The summed E-state index contributed by atoms with van der Waals surface area (Å²) in [5, 5.41) is 14.6. The van der Waals surface area contributed by atoms with E-state index in [-0.39, 0.29) is 60.1 Å². The van der Waals surface area contributed by atoms with E-state index in [1.165, 1.54) is 23.5 Å². The summed E-state index contributed by atoms with van der Waals surface area (Å²) in [6.07, 6.45) is 6.95. The van der Waals surface area contributed by atoms with E-state index in [2.05, 4.69) is 16.2 Å². The zero-order valence-corrected chi connectivity index (χ0v) is 22.4. The monoisotopic (exact) mass is 572 g/mol. The predicted molar refractivity (Wildman–Crippen MR) is 141 cm³/mol. The number of rotatable bonds is 8. The number of ether oxygens (including phenoxy) is 1. The average molecular weight is 573 g/mol. The lowest BCUT2D eigenvalue weighted by atomic mass is 9.87. The standard InChI is InChI=1S/C28H27F3N4O4S/c1-3-17-18(6-5-7-19(17)29)24-23(27(38)39-4-2)20(33-25(34-24)26-32-8-9-40-26)14-35-16-10-15(12-22(36)37)11-21(35)28(30,31)13-16/h1,5-9,15-16,21,24H,4,10-14H2,2H3,(H,33,34)(H,36,37)/t15-,16+,21-,24-/m0/s1. The van der Waals surface area contributed by atoms with Crippen LogP contribution in [0, 0.1) is 24.1 Å². The number of nitrogens with one attached hydrogen (secondary N) is 1. The van der Waals surface area contributed by atoms with Crippen LogP contribution in [-0.4, -0.2) is 63.9 Å². The first-order valence-corrected chi connectivity index (χ1v) is 13.8. The minimum absolute atomic E-state index is 0.0137. The van der Waals surface area contributed by atoms with E-state index in [1.54, 1.807) is 29.5 Å². The minimum Gasteiger partial charge on any atom is -0.481 e. The van der Waals surface area contributed by atoms with Gasteiger partial charge in [0.2, 0.25) is 0 Å². The van der Waals surface area contributed by atoms with Gasteiger partial charge in [0.15, 0.2) is 10.8 Å². The van der Waals surface area contributed by atoms with Crippen molar-refractivity contribution in [2.75, 3.05) is 13.2 Å². The van der Waals surface area contributed by atoms with E-state index >= 15 is 8.78 Å². The summed E-state index contributed by atoms with van der Waals surface area (Å²) in [7, 11) is 0. The van der Waals surface area contributed by atoms with Crippen molar-refractivity contribution in [2.45, 2.75) is 56.7 Å². The van der Waals surface area contributed by atoms with Crippen molar-refractivity contribution >= 4 is 29.1 Å². The first-order chi connectivity index (χ1) is 19.1. The number of carbonyl (C=O) groups is 2. The third-order valence-electron chi connectivity index (χ3n) is 7.57. The van der Waals surface area contributed by atoms with Crippen LogP contribution in [0.15, 0.2) is 46.0 Å². The van der Waals surface area contributed by atoms with Crippen molar-refractivity contribution in [1.29, 1.82) is 0 Å². The first kappa shape index (κ1) is 27.9. The molecule has 0 saturated carbocycles. The molecule has 0 radical (unpaired) electrons. The number of amidine groups is 1. The highest BCUT2D eigenvalue weighted by Gasteiger charge is 2.57. The molecule has 4 heterocycles. The number of aliphatic carboxylic acids is 1. The van der Waals surface area contributed by atoms with Crippen LogP contribution in [0.5, 0.6) is 0 Å². The molecule has 3 aliphatic rings. The number of fused-ring (bicyclic) bond motifs is 2. The van der Waals surface area contributed by atoms with E-state index in [9.17, 15) is 19.1 Å². The van der Waals surface area contributed by atoms with Gasteiger partial charge in [0.05, 0.1) is 23.8 Å². The average Bonchev–Trinajstić information content (AvgIpc) is 3.48. The van der Waals surface area contributed by atoms with Gasteiger partial charge in [-0.3, -0.25) is 14.7 Å². The van der Waals surface area contributed by atoms with Crippen LogP contribution in [0.2, 0.25) is 0 Å². The second-order valence-corrected chi connectivity index (χ2v) is 10.9. The summed E-state index contributed by atoms with van der Waals surface area (Å²) in [6.45, 7) is 1.59. The molecular weight excluding hydrogens is 545 g/mol. The van der Waals surface area contributed by atoms with Crippen LogP contribution < -0.4 is 5.32 Å². The summed E-state index contributed by atoms with van der Waals surface area (Å²) in [5.74, 6) is -3.18. The Morgan fingerprint density at radius 3 is 2.80 bits per heavy atom. The SMILES string of the molecule is C#Cc1c(F)cccc1[C@@H]1N=C(c2nccs2)NC(CN2[C@@H]3C[C@H](CC(=O)O)C[C@H]2C(F)(F)C3)=C1C(=O)OCC. The molecule has 2 bridgehead atoms. The number of hydrogen-bond donors (Lipinski definition) is 2. The highest BCUT2D eigenvalue weighted by molar-refractivity contribution is 7.11. The van der Waals surface area contributed by atoms with Crippen molar-refractivity contribution in [1.82, 2.24) is 15.2 Å². The van der Waals surface area contributed by atoms with Gasteiger partial charge in [0, 0.05) is 42.7 Å². The van der Waals surface area contributed by atoms with Gasteiger partial charge in [-0.05, 0) is 37.3 Å². The molecule has 1 aromatic heterocycles. The van der Waals surface area contributed by atoms with Gasteiger partial charge in [0.1, 0.15) is 11.9 Å². The number of thiazole rings is 1. The molecule has 1 aromatic carbocycles. The van der Waals surface area contributed by atoms with Crippen LogP contribution in [-0.2, 0) is 14.3 Å². The molecule has 0 aliphatic carbocycles. The third kappa shape index (κ3) is 5.23. The number of carbonyl (C=O) groups excluding carboxylic acids is 1. The molecule has 4 atom stereocenters. The number of hydrogen-bond acceptors (Lipinski definition) is 8. The number of terminal acetylenes is 1. The minimum atomic E-state index is -3.03. The molecule has 0 amide bonds. The van der Waals surface area contributed by atoms with Crippen LogP contribution in [0.1, 0.15) is 54.8 Å². The lowest BCUT2D eigenvalue weighted by Crippen LogP contribution is -2.50. The van der Waals surface area contributed by atoms with E-state index < -0.39 is 48.2 Å². The van der Waals surface area contributed by atoms with E-state index in [1.807, 2.05) is 0 Å². The summed E-state index contributed by atoms with van der Waals surface area (Å²) in [4.78, 5) is 35.4. The van der Waals surface area contributed by atoms with Gasteiger partial charge in [0.25, 0.3) is 5.92 Å². The highest BCUT2D eigenvalue weighted by Crippen LogP contribution is 2.49. The number of aromatic nitrogens is 1. The Hall–Kier alpha value is -3.69. The molecule has 2 N–H and O–H groups in total. The summed E-state index contributed by atoms with van der Waals surface area (Å²) in [6, 6.07) is 1.36. The fraction of sp³-hybridized carbons (Fsp3) is 0.429. The second kappa shape index (κ2) is 11.1. The van der Waals surface area contributed by atoms with Gasteiger partial charge >= 0.3 is 11.9 Å². The van der Waals surface area contributed by atoms with Crippen molar-refractivity contribution in [3.05, 3.63) is 63.0 Å². The van der Waals surface area contributed by atoms with Gasteiger partial charge < -0.3 is 15.2 Å². The highest BCUT2D eigenvalue weighted by atomic mass is 32.1. The quantitative estimate of drug-likeness (QED) is 0.362. The maximum absolute atomic E-state index is 15.2.